The summed E-state index contributed by atoms with van der Waals surface area (Å²) >= 11 is 0. The number of para-hydroxylation sites is 1. The van der Waals surface area contributed by atoms with Gasteiger partial charge in [-0.05, 0) is 31.2 Å². The van der Waals surface area contributed by atoms with Crippen molar-refractivity contribution in [3.63, 3.8) is 0 Å². The average Bonchev–Trinajstić information content (AvgIpc) is 2.33. The van der Waals surface area contributed by atoms with Crippen molar-refractivity contribution in [1.82, 2.24) is 0 Å². The van der Waals surface area contributed by atoms with Gasteiger partial charge in [0.05, 0.1) is 0 Å². The topological polar surface area (TPSA) is 69.9 Å². The van der Waals surface area contributed by atoms with Gasteiger partial charge in [-0.2, -0.15) is 0 Å². The molecular weight excluding hydrogens is 251 g/mol. The number of benzene rings is 2. The fraction of sp³-hybridized carbons (Fsp3) is 0.0769. The molecule has 0 aromatic heterocycles. The molecule has 0 atom stereocenters. The second-order valence-corrected chi connectivity index (χ2v) is 4.03. The molecule has 4 nitrogen and oxygen atoms in total. The molecule has 96 valence electrons. The highest BCUT2D eigenvalue weighted by Crippen LogP contribution is 2.20. The Morgan fingerprint density at radius 1 is 0.778 bits per heavy atom. The molecule has 18 heavy (non-hydrogen) atoms. The molecule has 0 heterocycles. The summed E-state index contributed by atoms with van der Waals surface area (Å²) in [4.78, 5) is 21.7. The van der Waals surface area contributed by atoms with E-state index in [1.807, 2.05) is 54.6 Å². The Balaban J connectivity index is 0.000000357. The molecule has 0 saturated heterocycles. The number of hydrogen-bond acceptors (Lipinski definition) is 4. The molecule has 2 rings (SSSR count). The molecule has 5 heteroatoms. The Hall–Kier alpha value is -1.45. The van der Waals surface area contributed by atoms with Gasteiger partial charge in [0.25, 0.3) is 0 Å². The number of hydrogen-bond donors (Lipinski definition) is 3. The van der Waals surface area contributed by atoms with E-state index in [-0.39, 0.29) is 0 Å². The molecule has 0 aliphatic carbocycles. The molecule has 0 saturated carbocycles. The first-order valence-corrected chi connectivity index (χ1v) is 6.44. The molecule has 0 amide bonds. The van der Waals surface area contributed by atoms with Gasteiger partial charge in [0.1, 0.15) is 11.5 Å². The largest absolute Gasteiger partial charge is 0.457 e. The minimum absolute atomic E-state index is 0.872. The van der Waals surface area contributed by atoms with Crippen LogP contribution in [0.3, 0.4) is 0 Å². The minimum Gasteiger partial charge on any atom is -0.457 e. The third kappa shape index (κ3) is 6.33. The Bertz CT molecular complexity index is 440. The molecule has 2 aromatic carbocycles. The maximum atomic E-state index is 7.23. The third-order valence-corrected chi connectivity index (χ3v) is 2.00. The predicted molar refractivity (Wildman–Crippen MR) is 71.3 cm³/mol. The Kier molecular flexibility index (Phi) is 6.33. The zero-order valence-electron chi connectivity index (χ0n) is 9.89. The van der Waals surface area contributed by atoms with E-state index in [1.54, 1.807) is 0 Å². The van der Waals surface area contributed by atoms with Crippen LogP contribution in [-0.2, 0) is 0 Å². The van der Waals surface area contributed by atoms with Gasteiger partial charge in [0.2, 0.25) is 0 Å². The number of ether oxygens (including phenoxy) is 1. The highest BCUT2D eigenvalue weighted by atomic mass is 31.2. The van der Waals surface area contributed by atoms with Crippen molar-refractivity contribution in [2.45, 2.75) is 6.92 Å². The average molecular weight is 266 g/mol. The van der Waals surface area contributed by atoms with E-state index in [0.29, 0.717) is 0 Å². The summed E-state index contributed by atoms with van der Waals surface area (Å²) in [6.45, 7) is 2.06. The van der Waals surface area contributed by atoms with E-state index in [0.717, 1.165) is 11.5 Å². The molecule has 0 bridgehead atoms. The van der Waals surface area contributed by atoms with E-state index in [4.69, 9.17) is 19.4 Å². The molecular formula is C13H15O4P. The van der Waals surface area contributed by atoms with Gasteiger partial charge >= 0.3 is 8.60 Å². The van der Waals surface area contributed by atoms with Crippen LogP contribution in [-0.4, -0.2) is 14.7 Å². The first kappa shape index (κ1) is 14.6. The highest BCUT2D eigenvalue weighted by molar-refractivity contribution is 7.38. The third-order valence-electron chi connectivity index (χ3n) is 2.00. The fourth-order valence-corrected chi connectivity index (χ4v) is 1.23. The summed E-state index contributed by atoms with van der Waals surface area (Å²) in [5.74, 6) is 1.75. The first-order chi connectivity index (χ1) is 8.58. The summed E-state index contributed by atoms with van der Waals surface area (Å²) < 4.78 is 5.63. The van der Waals surface area contributed by atoms with Gasteiger partial charge in [-0.1, -0.05) is 35.9 Å². The first-order valence-electron chi connectivity index (χ1n) is 5.24. The zero-order valence-corrected chi connectivity index (χ0v) is 10.8. The molecule has 3 N–H and O–H groups in total. The van der Waals surface area contributed by atoms with Crippen LogP contribution in [0.4, 0.5) is 0 Å². The van der Waals surface area contributed by atoms with Crippen LogP contribution in [0.1, 0.15) is 5.56 Å². The van der Waals surface area contributed by atoms with E-state index in [1.165, 1.54) is 5.56 Å². The lowest BCUT2D eigenvalue weighted by Crippen LogP contribution is -1.82. The summed E-state index contributed by atoms with van der Waals surface area (Å²) in [5, 5.41) is 0. The van der Waals surface area contributed by atoms with Crippen molar-refractivity contribution >= 4 is 8.60 Å². The van der Waals surface area contributed by atoms with Crippen molar-refractivity contribution in [2.75, 3.05) is 0 Å². The van der Waals surface area contributed by atoms with Gasteiger partial charge in [0.15, 0.2) is 0 Å². The molecule has 0 aliphatic rings. The van der Waals surface area contributed by atoms with Crippen LogP contribution in [0.5, 0.6) is 11.5 Å². The Morgan fingerprint density at radius 2 is 1.22 bits per heavy atom. The van der Waals surface area contributed by atoms with Crippen LogP contribution < -0.4 is 4.74 Å². The van der Waals surface area contributed by atoms with Crippen molar-refractivity contribution in [3.05, 3.63) is 60.2 Å². The number of rotatable bonds is 2. The lowest BCUT2D eigenvalue weighted by atomic mass is 10.2. The minimum atomic E-state index is -2.62. The summed E-state index contributed by atoms with van der Waals surface area (Å²) in [6.07, 6.45) is 0. The highest BCUT2D eigenvalue weighted by Gasteiger charge is 1.94. The van der Waals surface area contributed by atoms with Crippen molar-refractivity contribution < 1.29 is 19.4 Å². The Labute approximate surface area is 107 Å². The van der Waals surface area contributed by atoms with E-state index < -0.39 is 8.60 Å². The van der Waals surface area contributed by atoms with Crippen LogP contribution in [0.15, 0.2) is 54.6 Å². The summed E-state index contributed by atoms with van der Waals surface area (Å²) in [6, 6.07) is 17.8. The second-order valence-electron chi connectivity index (χ2n) is 3.50. The SMILES string of the molecule is Cc1ccc(Oc2ccccc2)cc1.OP(O)O. The van der Waals surface area contributed by atoms with Crippen LogP contribution >= 0.6 is 8.60 Å². The van der Waals surface area contributed by atoms with E-state index in [2.05, 4.69) is 6.92 Å². The van der Waals surface area contributed by atoms with Crippen molar-refractivity contribution in [1.29, 1.82) is 0 Å². The molecule has 0 aliphatic heterocycles. The lowest BCUT2D eigenvalue weighted by molar-refractivity contribution is 0.368. The van der Waals surface area contributed by atoms with Gasteiger partial charge < -0.3 is 19.4 Å². The molecule has 0 spiro atoms. The lowest BCUT2D eigenvalue weighted by Gasteiger charge is -2.04. The normalized spacial score (nSPS) is 9.61. The van der Waals surface area contributed by atoms with Crippen molar-refractivity contribution in [3.8, 4) is 11.5 Å². The molecule has 0 fully saturated rings. The van der Waals surface area contributed by atoms with Gasteiger partial charge in [0, 0.05) is 0 Å². The zero-order chi connectivity index (χ0) is 13.4. The molecule has 0 unspecified atom stereocenters. The monoisotopic (exact) mass is 266 g/mol. The van der Waals surface area contributed by atoms with E-state index >= 15 is 0 Å². The van der Waals surface area contributed by atoms with Crippen LogP contribution in [0, 0.1) is 6.92 Å². The predicted octanol–water partition coefficient (Wildman–Crippen LogP) is 2.98. The van der Waals surface area contributed by atoms with Crippen LogP contribution in [0.25, 0.3) is 0 Å². The maximum Gasteiger partial charge on any atom is 0.324 e. The quantitative estimate of drug-likeness (QED) is 0.731. The number of aryl methyl sites for hydroxylation is 1. The van der Waals surface area contributed by atoms with Crippen LogP contribution in [0.2, 0.25) is 0 Å². The van der Waals surface area contributed by atoms with E-state index in [9.17, 15) is 0 Å². The second kappa shape index (κ2) is 7.80. The van der Waals surface area contributed by atoms with Gasteiger partial charge in [-0.15, -0.1) is 0 Å². The van der Waals surface area contributed by atoms with Crippen molar-refractivity contribution in [2.24, 2.45) is 0 Å². The molecule has 0 radical (unpaired) electrons. The maximum absolute atomic E-state index is 7.23. The Morgan fingerprint density at radius 3 is 1.72 bits per heavy atom. The fourth-order valence-electron chi connectivity index (χ4n) is 1.23. The summed E-state index contributed by atoms with van der Waals surface area (Å²) in [5.41, 5.74) is 1.24. The smallest absolute Gasteiger partial charge is 0.324 e. The molecule has 2 aromatic rings. The van der Waals surface area contributed by atoms with Gasteiger partial charge in [-0.3, -0.25) is 0 Å². The summed E-state index contributed by atoms with van der Waals surface area (Å²) in [7, 11) is -2.62. The van der Waals surface area contributed by atoms with Gasteiger partial charge in [-0.25, -0.2) is 0 Å². The standard InChI is InChI=1S/C13H12O.H3O3P/c1-11-7-9-13(10-8-11)14-12-5-3-2-4-6-12;1-4(2)3/h2-10H,1H3;1-3H.